The van der Waals surface area contributed by atoms with Crippen LogP contribution in [0.25, 0.3) is 0 Å². The predicted octanol–water partition coefficient (Wildman–Crippen LogP) is 1.38. The van der Waals surface area contributed by atoms with Gasteiger partial charge in [-0.1, -0.05) is 12.5 Å². The third-order valence-electron chi connectivity index (χ3n) is 3.68. The van der Waals surface area contributed by atoms with E-state index in [-0.39, 0.29) is 5.91 Å². The molecule has 1 fully saturated rings. The molecule has 1 saturated carbocycles. The molecule has 5 heteroatoms. The smallest absolute Gasteiger partial charge is 0.321 e. The molecule has 0 bridgehead atoms. The van der Waals surface area contributed by atoms with E-state index in [9.17, 15) is 9.59 Å². The second-order valence-corrected chi connectivity index (χ2v) is 4.95. The van der Waals surface area contributed by atoms with Crippen LogP contribution in [0.2, 0.25) is 0 Å². The van der Waals surface area contributed by atoms with Gasteiger partial charge < -0.3 is 9.64 Å². The van der Waals surface area contributed by atoms with Gasteiger partial charge >= 0.3 is 5.97 Å². The quantitative estimate of drug-likeness (QED) is 0.607. The Morgan fingerprint density at radius 2 is 2.21 bits per heavy atom. The minimum absolute atomic E-state index is 0.158. The average Bonchev–Trinajstić information content (AvgIpc) is 2.38. The molecule has 0 N–H and O–H groups in total. The maximum absolute atomic E-state index is 12.5. The molecule has 1 aliphatic carbocycles. The van der Waals surface area contributed by atoms with Crippen molar-refractivity contribution in [3.8, 4) is 0 Å². The number of hydrogen-bond acceptors (Lipinski definition) is 4. The van der Waals surface area contributed by atoms with Gasteiger partial charge in [0, 0.05) is 26.0 Å². The van der Waals surface area contributed by atoms with Gasteiger partial charge in [0.05, 0.1) is 7.11 Å². The van der Waals surface area contributed by atoms with Crippen LogP contribution >= 0.6 is 0 Å². The highest BCUT2D eigenvalue weighted by Crippen LogP contribution is 2.43. The Kier molecular flexibility index (Phi) is 3.83. The summed E-state index contributed by atoms with van der Waals surface area (Å²) < 4.78 is 4.78. The summed E-state index contributed by atoms with van der Waals surface area (Å²) in [6, 6.07) is 3.73. The van der Waals surface area contributed by atoms with Gasteiger partial charge in [0.15, 0.2) is 0 Å². The molecule has 0 radical (unpaired) electrons. The van der Waals surface area contributed by atoms with Crippen molar-refractivity contribution in [3.05, 3.63) is 30.1 Å². The Balaban J connectivity index is 2.08. The van der Waals surface area contributed by atoms with Crippen LogP contribution in [0.3, 0.4) is 0 Å². The van der Waals surface area contributed by atoms with Crippen LogP contribution in [0.4, 0.5) is 0 Å². The second-order valence-electron chi connectivity index (χ2n) is 4.95. The number of esters is 1. The normalized spacial score (nSPS) is 16.3. The SMILES string of the molecule is COC(=O)C1(C(=O)N(C)Cc2cccnc2)CCC1. The van der Waals surface area contributed by atoms with Gasteiger partial charge in [-0.25, -0.2) is 0 Å². The summed E-state index contributed by atoms with van der Waals surface area (Å²) in [5, 5.41) is 0. The molecule has 1 aliphatic rings. The summed E-state index contributed by atoms with van der Waals surface area (Å²) in [7, 11) is 3.04. The molecular formula is C14H18N2O3. The Morgan fingerprint density at radius 3 is 2.68 bits per heavy atom. The lowest BCUT2D eigenvalue weighted by Gasteiger charge is -2.39. The van der Waals surface area contributed by atoms with E-state index in [2.05, 4.69) is 4.98 Å². The van der Waals surface area contributed by atoms with E-state index in [0.29, 0.717) is 19.4 Å². The second kappa shape index (κ2) is 5.38. The summed E-state index contributed by atoms with van der Waals surface area (Å²) in [5.41, 5.74) is -0.0104. The molecule has 0 saturated heterocycles. The molecule has 1 heterocycles. The molecule has 0 unspecified atom stereocenters. The first-order valence-electron chi connectivity index (χ1n) is 6.33. The molecular weight excluding hydrogens is 244 g/mol. The lowest BCUT2D eigenvalue weighted by Crippen LogP contribution is -2.51. The molecule has 0 aromatic carbocycles. The van der Waals surface area contributed by atoms with E-state index < -0.39 is 11.4 Å². The minimum Gasteiger partial charge on any atom is -0.468 e. The van der Waals surface area contributed by atoms with E-state index in [1.54, 1.807) is 24.3 Å². The first-order chi connectivity index (χ1) is 9.10. The number of nitrogens with zero attached hydrogens (tertiary/aromatic N) is 2. The maximum atomic E-state index is 12.5. The fourth-order valence-electron chi connectivity index (χ4n) is 2.43. The third-order valence-corrected chi connectivity index (χ3v) is 3.68. The summed E-state index contributed by atoms with van der Waals surface area (Å²) in [4.78, 5) is 29.9. The largest absolute Gasteiger partial charge is 0.468 e. The van der Waals surface area contributed by atoms with Crippen LogP contribution in [0, 0.1) is 5.41 Å². The molecule has 0 spiro atoms. The zero-order valence-electron chi connectivity index (χ0n) is 11.3. The van der Waals surface area contributed by atoms with Gasteiger partial charge in [0.2, 0.25) is 5.91 Å². The van der Waals surface area contributed by atoms with Crippen molar-refractivity contribution in [1.29, 1.82) is 0 Å². The van der Waals surface area contributed by atoms with E-state index in [0.717, 1.165) is 12.0 Å². The topological polar surface area (TPSA) is 59.5 Å². The standard InChI is InChI=1S/C14H18N2O3/c1-16(10-11-5-3-8-15-9-11)12(17)14(6-4-7-14)13(18)19-2/h3,5,8-9H,4,6-7,10H2,1-2H3. The van der Waals surface area contributed by atoms with Gasteiger partial charge in [-0.2, -0.15) is 0 Å². The molecule has 102 valence electrons. The van der Waals surface area contributed by atoms with E-state index in [1.807, 2.05) is 12.1 Å². The number of rotatable bonds is 4. The van der Waals surface area contributed by atoms with Crippen LogP contribution < -0.4 is 0 Å². The number of carbonyl (C=O) groups is 2. The Labute approximate surface area is 112 Å². The van der Waals surface area contributed by atoms with Crippen LogP contribution in [-0.2, 0) is 20.9 Å². The monoisotopic (exact) mass is 262 g/mol. The highest BCUT2D eigenvalue weighted by atomic mass is 16.5. The van der Waals surface area contributed by atoms with Gasteiger partial charge in [0.25, 0.3) is 0 Å². The highest BCUT2D eigenvalue weighted by molar-refractivity contribution is 6.03. The minimum atomic E-state index is -0.953. The van der Waals surface area contributed by atoms with Crippen molar-refractivity contribution < 1.29 is 14.3 Å². The summed E-state index contributed by atoms with van der Waals surface area (Å²) in [5.74, 6) is -0.573. The van der Waals surface area contributed by atoms with Crippen LogP contribution in [0.5, 0.6) is 0 Å². The lowest BCUT2D eigenvalue weighted by atomic mass is 9.67. The van der Waals surface area contributed by atoms with Gasteiger partial charge in [-0.3, -0.25) is 14.6 Å². The molecule has 1 aromatic rings. The number of pyridine rings is 1. The fraction of sp³-hybridized carbons (Fsp3) is 0.500. The van der Waals surface area contributed by atoms with Crippen LogP contribution in [0.1, 0.15) is 24.8 Å². The molecule has 0 atom stereocenters. The third kappa shape index (κ3) is 2.45. The molecule has 1 aromatic heterocycles. The van der Waals surface area contributed by atoms with E-state index in [1.165, 1.54) is 7.11 Å². The van der Waals surface area contributed by atoms with Crippen LogP contribution in [-0.4, -0.2) is 35.9 Å². The molecule has 19 heavy (non-hydrogen) atoms. The summed E-state index contributed by atoms with van der Waals surface area (Å²) in [6.45, 7) is 0.450. The predicted molar refractivity (Wildman–Crippen MR) is 69.0 cm³/mol. The van der Waals surface area contributed by atoms with Gasteiger partial charge in [-0.05, 0) is 24.5 Å². The highest BCUT2D eigenvalue weighted by Gasteiger charge is 2.53. The number of aromatic nitrogens is 1. The average molecular weight is 262 g/mol. The molecule has 5 nitrogen and oxygen atoms in total. The molecule has 1 amide bonds. The molecule has 0 aliphatic heterocycles. The van der Waals surface area contributed by atoms with E-state index >= 15 is 0 Å². The number of ether oxygens (including phenoxy) is 1. The molecule has 2 rings (SSSR count). The lowest BCUT2D eigenvalue weighted by molar-refractivity contribution is -0.169. The van der Waals surface area contributed by atoms with E-state index in [4.69, 9.17) is 4.74 Å². The van der Waals surface area contributed by atoms with Gasteiger partial charge in [-0.15, -0.1) is 0 Å². The zero-order chi connectivity index (χ0) is 13.9. The summed E-state index contributed by atoms with van der Waals surface area (Å²) in [6.07, 6.45) is 5.45. The number of methoxy groups -OCH3 is 1. The Bertz CT molecular complexity index is 469. The van der Waals surface area contributed by atoms with Crippen molar-refractivity contribution in [1.82, 2.24) is 9.88 Å². The van der Waals surface area contributed by atoms with Gasteiger partial charge in [0.1, 0.15) is 5.41 Å². The number of amides is 1. The van der Waals surface area contributed by atoms with Crippen molar-refractivity contribution >= 4 is 11.9 Å². The van der Waals surface area contributed by atoms with Crippen LogP contribution in [0.15, 0.2) is 24.5 Å². The Hall–Kier alpha value is -1.91. The van der Waals surface area contributed by atoms with Crippen molar-refractivity contribution in [2.45, 2.75) is 25.8 Å². The van der Waals surface area contributed by atoms with Crippen molar-refractivity contribution in [3.63, 3.8) is 0 Å². The first kappa shape index (κ1) is 13.5. The Morgan fingerprint density at radius 1 is 1.47 bits per heavy atom. The fourth-order valence-corrected chi connectivity index (χ4v) is 2.43. The number of hydrogen-bond donors (Lipinski definition) is 0. The van der Waals surface area contributed by atoms with Crippen molar-refractivity contribution in [2.75, 3.05) is 14.2 Å². The number of carbonyl (C=O) groups excluding carboxylic acids is 2. The zero-order valence-corrected chi connectivity index (χ0v) is 11.3. The first-order valence-corrected chi connectivity index (χ1v) is 6.33. The maximum Gasteiger partial charge on any atom is 0.321 e. The summed E-state index contributed by atoms with van der Waals surface area (Å²) >= 11 is 0. The van der Waals surface area contributed by atoms with Crippen molar-refractivity contribution in [2.24, 2.45) is 5.41 Å².